The van der Waals surface area contributed by atoms with Gasteiger partial charge >= 0.3 is 0 Å². The molecule has 3 aromatic rings. The fourth-order valence-electron chi connectivity index (χ4n) is 3.68. The number of aromatic nitrogens is 1. The number of fused-ring (bicyclic) bond motifs is 1. The molecule has 6 nitrogen and oxygen atoms in total. The van der Waals surface area contributed by atoms with Crippen molar-refractivity contribution >= 4 is 34.3 Å². The number of nitrogens with one attached hydrogen (secondary N) is 2. The van der Waals surface area contributed by atoms with Crippen LogP contribution in [0.15, 0.2) is 42.6 Å². The molecule has 4 rings (SSSR count). The number of ether oxygens (including phenoxy) is 2. The van der Waals surface area contributed by atoms with Gasteiger partial charge in [0, 0.05) is 65.6 Å². The van der Waals surface area contributed by atoms with Crippen LogP contribution in [0.1, 0.15) is 15.9 Å². The van der Waals surface area contributed by atoms with E-state index in [-0.39, 0.29) is 5.91 Å². The summed E-state index contributed by atoms with van der Waals surface area (Å²) in [6.07, 6.45) is 2.03. The van der Waals surface area contributed by atoms with Gasteiger partial charge < -0.3 is 19.8 Å². The average Bonchev–Trinajstić information content (AvgIpc) is 3.17. The van der Waals surface area contributed by atoms with Crippen LogP contribution in [-0.4, -0.2) is 54.6 Å². The van der Waals surface area contributed by atoms with Gasteiger partial charge in [0.05, 0.1) is 14.2 Å². The fraction of sp³-hybridized carbons (Fsp3) is 0.318. The summed E-state index contributed by atoms with van der Waals surface area (Å²) < 4.78 is 10.6. The van der Waals surface area contributed by atoms with Crippen molar-refractivity contribution in [3.63, 3.8) is 0 Å². The summed E-state index contributed by atoms with van der Waals surface area (Å²) >= 11 is 2.00. The number of anilines is 1. The summed E-state index contributed by atoms with van der Waals surface area (Å²) in [6, 6.07) is 11.2. The van der Waals surface area contributed by atoms with Crippen LogP contribution in [0, 0.1) is 0 Å². The van der Waals surface area contributed by atoms with Crippen LogP contribution < -0.4 is 14.8 Å². The molecule has 1 amide bonds. The second-order valence-corrected chi connectivity index (χ2v) is 8.18. The first-order chi connectivity index (χ1) is 14.2. The van der Waals surface area contributed by atoms with E-state index in [4.69, 9.17) is 9.47 Å². The van der Waals surface area contributed by atoms with Crippen molar-refractivity contribution in [1.29, 1.82) is 0 Å². The Morgan fingerprint density at radius 2 is 1.93 bits per heavy atom. The third-order valence-corrected chi connectivity index (χ3v) is 6.11. The molecule has 0 spiro atoms. The number of hydrogen-bond donors (Lipinski definition) is 2. The zero-order valence-corrected chi connectivity index (χ0v) is 17.5. The Hall–Kier alpha value is -2.64. The molecule has 1 saturated heterocycles. The monoisotopic (exact) mass is 411 g/mol. The topological polar surface area (TPSA) is 66.6 Å². The third kappa shape index (κ3) is 4.21. The van der Waals surface area contributed by atoms with Crippen molar-refractivity contribution in [1.82, 2.24) is 9.88 Å². The van der Waals surface area contributed by atoms with Crippen LogP contribution in [0.3, 0.4) is 0 Å². The largest absolute Gasteiger partial charge is 0.493 e. The third-order valence-electron chi connectivity index (χ3n) is 5.17. The smallest absolute Gasteiger partial charge is 0.256 e. The molecule has 2 aromatic carbocycles. The van der Waals surface area contributed by atoms with E-state index in [0.717, 1.165) is 47.6 Å². The molecule has 2 heterocycles. The number of methoxy groups -OCH3 is 2. The van der Waals surface area contributed by atoms with Gasteiger partial charge in [-0.3, -0.25) is 9.69 Å². The second kappa shape index (κ2) is 8.80. The van der Waals surface area contributed by atoms with Crippen LogP contribution in [0.5, 0.6) is 11.5 Å². The zero-order chi connectivity index (χ0) is 20.2. The lowest BCUT2D eigenvalue weighted by Gasteiger charge is -2.26. The number of rotatable bonds is 6. The number of hydrogen-bond acceptors (Lipinski definition) is 5. The van der Waals surface area contributed by atoms with Crippen molar-refractivity contribution in [3.05, 3.63) is 53.7 Å². The van der Waals surface area contributed by atoms with E-state index >= 15 is 0 Å². The van der Waals surface area contributed by atoms with E-state index in [0.29, 0.717) is 22.7 Å². The standard InChI is InChI=1S/C22H25N3O3S/c1-27-19-7-6-16(12-20(19)28-2)24-22(26)17-4-3-5-18-21(17)15(13-23-18)14-25-8-10-29-11-9-25/h3-7,12-13,23H,8-11,14H2,1-2H3,(H,24,26). The lowest BCUT2D eigenvalue weighted by Crippen LogP contribution is -2.31. The van der Waals surface area contributed by atoms with Gasteiger partial charge in [-0.25, -0.2) is 0 Å². The van der Waals surface area contributed by atoms with Gasteiger partial charge in [-0.15, -0.1) is 0 Å². The molecule has 0 aliphatic carbocycles. The van der Waals surface area contributed by atoms with Crippen molar-refractivity contribution in [3.8, 4) is 11.5 Å². The summed E-state index contributed by atoms with van der Waals surface area (Å²) in [6.45, 7) is 3.01. The molecule has 7 heteroatoms. The van der Waals surface area contributed by atoms with Crippen molar-refractivity contribution < 1.29 is 14.3 Å². The quantitative estimate of drug-likeness (QED) is 0.642. The lowest BCUT2D eigenvalue weighted by atomic mass is 10.0. The van der Waals surface area contributed by atoms with Gasteiger partial charge in [-0.2, -0.15) is 11.8 Å². The van der Waals surface area contributed by atoms with Crippen LogP contribution in [0.2, 0.25) is 0 Å². The van der Waals surface area contributed by atoms with Gasteiger partial charge in [0.25, 0.3) is 5.91 Å². The van der Waals surface area contributed by atoms with E-state index in [1.807, 2.05) is 42.2 Å². The molecular formula is C22H25N3O3S. The first-order valence-corrected chi connectivity index (χ1v) is 10.8. The molecule has 1 aliphatic rings. The van der Waals surface area contributed by atoms with E-state index < -0.39 is 0 Å². The highest BCUT2D eigenvalue weighted by Gasteiger charge is 2.18. The molecule has 1 aliphatic heterocycles. The molecule has 0 atom stereocenters. The van der Waals surface area contributed by atoms with Crippen molar-refractivity contribution in [2.75, 3.05) is 44.1 Å². The van der Waals surface area contributed by atoms with Gasteiger partial charge in [-0.05, 0) is 29.8 Å². The summed E-state index contributed by atoms with van der Waals surface area (Å²) in [5.74, 6) is 3.39. The van der Waals surface area contributed by atoms with E-state index in [2.05, 4.69) is 15.2 Å². The molecule has 0 saturated carbocycles. The normalized spacial score (nSPS) is 14.7. The predicted molar refractivity (Wildman–Crippen MR) is 118 cm³/mol. The molecule has 1 aromatic heterocycles. The number of H-pyrrole nitrogens is 1. The van der Waals surface area contributed by atoms with Gasteiger partial charge in [0.2, 0.25) is 0 Å². The molecule has 152 valence electrons. The first kappa shape index (κ1) is 19.7. The number of amides is 1. The maximum absolute atomic E-state index is 13.1. The predicted octanol–water partition coefficient (Wildman–Crippen LogP) is 3.99. The zero-order valence-electron chi connectivity index (χ0n) is 16.7. The number of nitrogens with zero attached hydrogens (tertiary/aromatic N) is 1. The maximum Gasteiger partial charge on any atom is 0.256 e. The number of aromatic amines is 1. The Morgan fingerprint density at radius 3 is 2.69 bits per heavy atom. The molecule has 0 radical (unpaired) electrons. The van der Waals surface area contributed by atoms with E-state index in [1.54, 1.807) is 26.4 Å². The van der Waals surface area contributed by atoms with E-state index in [9.17, 15) is 4.79 Å². The highest BCUT2D eigenvalue weighted by molar-refractivity contribution is 7.99. The van der Waals surface area contributed by atoms with Crippen molar-refractivity contribution in [2.24, 2.45) is 0 Å². The first-order valence-electron chi connectivity index (χ1n) is 9.62. The fourth-order valence-corrected chi connectivity index (χ4v) is 4.66. The molecule has 2 N–H and O–H groups in total. The highest BCUT2D eigenvalue weighted by atomic mass is 32.2. The number of thioether (sulfide) groups is 1. The van der Waals surface area contributed by atoms with Crippen LogP contribution in [-0.2, 0) is 6.54 Å². The molecule has 1 fully saturated rings. The summed E-state index contributed by atoms with van der Waals surface area (Å²) in [7, 11) is 3.17. The van der Waals surface area contributed by atoms with E-state index in [1.165, 1.54) is 0 Å². The lowest BCUT2D eigenvalue weighted by molar-refractivity contribution is 0.102. The maximum atomic E-state index is 13.1. The van der Waals surface area contributed by atoms with Crippen LogP contribution in [0.4, 0.5) is 5.69 Å². The number of carbonyl (C=O) groups is 1. The Kier molecular flexibility index (Phi) is 5.97. The minimum absolute atomic E-state index is 0.141. The second-order valence-electron chi connectivity index (χ2n) is 6.95. The molecule has 0 bridgehead atoms. The van der Waals surface area contributed by atoms with Crippen LogP contribution >= 0.6 is 11.8 Å². The van der Waals surface area contributed by atoms with Crippen LogP contribution in [0.25, 0.3) is 10.9 Å². The number of benzene rings is 2. The summed E-state index contributed by atoms with van der Waals surface area (Å²) in [4.78, 5) is 18.9. The highest BCUT2D eigenvalue weighted by Crippen LogP contribution is 2.31. The Morgan fingerprint density at radius 1 is 1.14 bits per heavy atom. The van der Waals surface area contributed by atoms with Gasteiger partial charge in [-0.1, -0.05) is 6.07 Å². The van der Waals surface area contributed by atoms with Crippen molar-refractivity contribution in [2.45, 2.75) is 6.54 Å². The number of carbonyl (C=O) groups excluding carboxylic acids is 1. The Bertz CT molecular complexity index is 1010. The molecular weight excluding hydrogens is 386 g/mol. The minimum Gasteiger partial charge on any atom is -0.493 e. The molecule has 29 heavy (non-hydrogen) atoms. The Labute approximate surface area is 174 Å². The average molecular weight is 412 g/mol. The summed E-state index contributed by atoms with van der Waals surface area (Å²) in [5.41, 5.74) is 3.46. The molecule has 0 unspecified atom stereocenters. The summed E-state index contributed by atoms with van der Waals surface area (Å²) in [5, 5.41) is 3.98. The minimum atomic E-state index is -0.141. The SMILES string of the molecule is COc1ccc(NC(=O)c2cccc3[nH]cc(CN4CCSCC4)c23)cc1OC. The van der Waals surface area contributed by atoms with Gasteiger partial charge in [0.15, 0.2) is 11.5 Å². The Balaban J connectivity index is 1.61. The van der Waals surface area contributed by atoms with Gasteiger partial charge in [0.1, 0.15) is 0 Å².